The van der Waals surface area contributed by atoms with Gasteiger partial charge in [-0.1, -0.05) is 0 Å². The van der Waals surface area contributed by atoms with Gasteiger partial charge < -0.3 is 0 Å². The molecule has 0 aliphatic heterocycles. The molecule has 15 heavy (non-hydrogen) atoms. The molecule has 11 heteroatoms. The van der Waals surface area contributed by atoms with Crippen molar-refractivity contribution in [1.82, 2.24) is 0 Å². The quantitative estimate of drug-likeness (QED) is 0.465. The molecule has 0 aliphatic rings. The second-order valence-electron chi connectivity index (χ2n) is 2.31. The van der Waals surface area contributed by atoms with E-state index in [1.807, 2.05) is 0 Å². The van der Waals surface area contributed by atoms with E-state index >= 15 is 0 Å². The number of rotatable bonds is 3. The van der Waals surface area contributed by atoms with Crippen molar-refractivity contribution in [3.63, 3.8) is 0 Å². The highest BCUT2D eigenvalue weighted by Gasteiger charge is 2.77. The van der Waals surface area contributed by atoms with Crippen LogP contribution < -0.4 is 0 Å². The molecule has 0 aliphatic carbocycles. The van der Waals surface area contributed by atoms with Crippen molar-refractivity contribution in [1.29, 1.82) is 0 Å². The first-order chi connectivity index (χ1) is 6.31. The molecule has 0 bridgehead atoms. The fourth-order valence-electron chi connectivity index (χ4n) is 0.490. The average molecular weight is 260 g/mol. The van der Waals surface area contributed by atoms with Gasteiger partial charge in [0, 0.05) is 0 Å². The third kappa shape index (κ3) is 1.93. The minimum Gasteiger partial charge on any atom is -0.298 e. The molecule has 0 aromatic heterocycles. The van der Waals surface area contributed by atoms with Crippen molar-refractivity contribution in [2.75, 3.05) is 0 Å². The Morgan fingerprint density at radius 1 is 1.00 bits per heavy atom. The predicted molar refractivity (Wildman–Crippen MR) is 32.5 cm³/mol. The molecule has 0 saturated heterocycles. The van der Waals surface area contributed by atoms with Crippen molar-refractivity contribution < 1.29 is 44.1 Å². The summed E-state index contributed by atoms with van der Waals surface area (Å²) in [6.07, 6.45) is -8.46. The number of aldehydes is 1. The summed E-state index contributed by atoms with van der Waals surface area (Å²) in [5.74, 6) is -6.55. The summed E-state index contributed by atoms with van der Waals surface area (Å²) >= 11 is 0. The number of carbonyl (C=O) groups excluding carboxylic acids is 1. The Bertz CT molecular complexity index is 358. The largest absolute Gasteiger partial charge is 0.458 e. The zero-order chi connectivity index (χ0) is 12.7. The maximum Gasteiger partial charge on any atom is 0.458 e. The Kier molecular flexibility index (Phi) is 3.15. The molecule has 1 N–H and O–H groups in total. The molecule has 0 aromatic carbocycles. The molecule has 0 radical (unpaired) electrons. The van der Waals surface area contributed by atoms with Crippen LogP contribution in [-0.4, -0.2) is 36.4 Å². The fraction of sp³-hybridized carbons (Fsp3) is 0.750. The summed E-state index contributed by atoms with van der Waals surface area (Å²) in [4.78, 5) is 9.67. The van der Waals surface area contributed by atoms with Gasteiger partial charge in [0.1, 0.15) is 0 Å². The molecule has 0 amide bonds. The number of hydrogen-bond acceptors (Lipinski definition) is 3. The molecule has 1 atom stereocenters. The minimum absolute atomic E-state index is 1.82. The lowest BCUT2D eigenvalue weighted by Gasteiger charge is -2.27. The smallest absolute Gasteiger partial charge is 0.298 e. The van der Waals surface area contributed by atoms with E-state index in [0.717, 1.165) is 0 Å². The standard InChI is InChI=1S/C4H2F6O4S/c5-2(1-11,15(12,13)14)3(6,7)4(8,9)10/h1H,(H,12,13,14). The molecule has 90 valence electrons. The van der Waals surface area contributed by atoms with Gasteiger partial charge in [-0.05, 0) is 0 Å². The predicted octanol–water partition coefficient (Wildman–Crippen LogP) is 0.937. The van der Waals surface area contributed by atoms with E-state index in [1.165, 1.54) is 0 Å². The first kappa shape index (κ1) is 14.2. The van der Waals surface area contributed by atoms with Crippen LogP contribution in [-0.2, 0) is 14.9 Å². The van der Waals surface area contributed by atoms with Crippen LogP contribution >= 0.6 is 0 Å². The SMILES string of the molecule is O=CC(F)(C(F)(F)C(F)(F)F)S(=O)(=O)O. The molecular weight excluding hydrogens is 258 g/mol. The van der Waals surface area contributed by atoms with E-state index in [-0.39, 0.29) is 0 Å². The van der Waals surface area contributed by atoms with Gasteiger partial charge in [0.2, 0.25) is 0 Å². The van der Waals surface area contributed by atoms with E-state index in [2.05, 4.69) is 0 Å². The summed E-state index contributed by atoms with van der Waals surface area (Å²) in [5, 5.41) is -5.75. The van der Waals surface area contributed by atoms with Crippen LogP contribution in [0, 0.1) is 0 Å². The highest BCUT2D eigenvalue weighted by atomic mass is 32.2. The summed E-state index contributed by atoms with van der Waals surface area (Å²) in [7, 11) is -6.56. The summed E-state index contributed by atoms with van der Waals surface area (Å²) in [5.41, 5.74) is 0. The van der Waals surface area contributed by atoms with Crippen molar-refractivity contribution >= 4 is 16.4 Å². The number of hydrogen-bond donors (Lipinski definition) is 1. The highest BCUT2D eigenvalue weighted by molar-refractivity contribution is 7.87. The van der Waals surface area contributed by atoms with Crippen LogP contribution in [0.15, 0.2) is 0 Å². The number of alkyl halides is 6. The monoisotopic (exact) mass is 260 g/mol. The molecule has 4 nitrogen and oxygen atoms in total. The molecule has 0 rings (SSSR count). The molecule has 0 aromatic rings. The Labute approximate surface area is 78.6 Å². The number of halogens is 6. The van der Waals surface area contributed by atoms with Crippen LogP contribution in [0.1, 0.15) is 0 Å². The molecule has 0 fully saturated rings. The maximum absolute atomic E-state index is 12.6. The second kappa shape index (κ2) is 3.33. The van der Waals surface area contributed by atoms with E-state index < -0.39 is 33.5 Å². The topological polar surface area (TPSA) is 71.4 Å². The Hall–Kier alpha value is -0.840. The molecule has 0 heterocycles. The Morgan fingerprint density at radius 3 is 1.40 bits per heavy atom. The maximum atomic E-state index is 12.6. The third-order valence-corrected chi connectivity index (χ3v) is 2.41. The fourth-order valence-corrected chi connectivity index (χ4v) is 1.05. The summed E-state index contributed by atoms with van der Waals surface area (Å²) in [6, 6.07) is 0. The first-order valence-corrected chi connectivity index (χ1v) is 4.32. The summed E-state index contributed by atoms with van der Waals surface area (Å²) in [6.45, 7) is 0. The van der Waals surface area contributed by atoms with Crippen molar-refractivity contribution in [3.05, 3.63) is 0 Å². The molecular formula is C4H2F6O4S. The van der Waals surface area contributed by atoms with Crippen LogP contribution in [0.5, 0.6) is 0 Å². The van der Waals surface area contributed by atoms with Crippen molar-refractivity contribution in [2.24, 2.45) is 0 Å². The summed E-state index contributed by atoms with van der Waals surface area (Å²) < 4.78 is 99.3. The van der Waals surface area contributed by atoms with Crippen molar-refractivity contribution in [2.45, 2.75) is 17.1 Å². The van der Waals surface area contributed by atoms with Gasteiger partial charge in [-0.15, -0.1) is 0 Å². The average Bonchev–Trinajstić information content (AvgIpc) is 1.98. The van der Waals surface area contributed by atoms with E-state index in [1.54, 1.807) is 0 Å². The van der Waals surface area contributed by atoms with Crippen LogP contribution in [0.25, 0.3) is 0 Å². The lowest BCUT2D eigenvalue weighted by Crippen LogP contribution is -2.59. The van der Waals surface area contributed by atoms with Crippen LogP contribution in [0.2, 0.25) is 0 Å². The highest BCUT2D eigenvalue weighted by Crippen LogP contribution is 2.46. The van der Waals surface area contributed by atoms with E-state index in [4.69, 9.17) is 4.55 Å². The van der Waals surface area contributed by atoms with Crippen molar-refractivity contribution in [3.8, 4) is 0 Å². The Morgan fingerprint density at radius 2 is 1.33 bits per heavy atom. The van der Waals surface area contributed by atoms with Crippen LogP contribution in [0.4, 0.5) is 26.3 Å². The van der Waals surface area contributed by atoms with Gasteiger partial charge in [0.15, 0.2) is 6.29 Å². The minimum atomic E-state index is -6.64. The van der Waals surface area contributed by atoms with Gasteiger partial charge in [0.25, 0.3) is 0 Å². The zero-order valence-electron chi connectivity index (χ0n) is 6.43. The third-order valence-electron chi connectivity index (χ3n) is 1.31. The van der Waals surface area contributed by atoms with Crippen LogP contribution in [0.3, 0.4) is 0 Å². The second-order valence-corrected chi connectivity index (χ2v) is 3.85. The van der Waals surface area contributed by atoms with Gasteiger partial charge in [-0.25, -0.2) is 4.39 Å². The normalized spacial score (nSPS) is 18.3. The Balaban J connectivity index is 5.83. The van der Waals surface area contributed by atoms with Gasteiger partial charge >= 0.3 is 27.2 Å². The molecule has 0 spiro atoms. The van der Waals surface area contributed by atoms with E-state index in [9.17, 15) is 39.6 Å². The first-order valence-electron chi connectivity index (χ1n) is 2.88. The molecule has 1 unspecified atom stereocenters. The lowest BCUT2D eigenvalue weighted by atomic mass is 10.2. The lowest BCUT2D eigenvalue weighted by molar-refractivity contribution is -0.305. The number of carbonyl (C=O) groups is 1. The van der Waals surface area contributed by atoms with E-state index in [0.29, 0.717) is 0 Å². The zero-order valence-corrected chi connectivity index (χ0v) is 7.24. The van der Waals surface area contributed by atoms with Gasteiger partial charge in [-0.2, -0.15) is 30.4 Å². The van der Waals surface area contributed by atoms with Gasteiger partial charge in [0.05, 0.1) is 0 Å². The molecule has 0 saturated carbocycles. The van der Waals surface area contributed by atoms with Gasteiger partial charge in [-0.3, -0.25) is 9.35 Å².